The lowest BCUT2D eigenvalue weighted by atomic mass is 9.83. The van der Waals surface area contributed by atoms with E-state index >= 15 is 0 Å². The van der Waals surface area contributed by atoms with Gasteiger partial charge >= 0.3 is 0 Å². The smallest absolute Gasteiger partial charge is 0.248 e. The minimum Gasteiger partial charge on any atom is -0.322 e. The first-order valence-electron chi connectivity index (χ1n) is 8.60. The minimum atomic E-state index is -0.379. The monoisotopic (exact) mass is 431 g/mol. The van der Waals surface area contributed by atoms with Gasteiger partial charge in [0.2, 0.25) is 5.91 Å². The molecule has 0 radical (unpaired) electrons. The van der Waals surface area contributed by atoms with Crippen LogP contribution in [0, 0.1) is 0 Å². The van der Waals surface area contributed by atoms with Crippen molar-refractivity contribution in [2.75, 3.05) is 5.32 Å². The van der Waals surface area contributed by atoms with Crippen molar-refractivity contribution in [1.29, 1.82) is 0 Å². The molecule has 0 heterocycles. The van der Waals surface area contributed by atoms with E-state index in [0.29, 0.717) is 22.4 Å². The molecular weight excluding hydrogens is 418 g/mol. The average Bonchev–Trinajstić information content (AvgIpc) is 2.71. The van der Waals surface area contributed by atoms with Crippen molar-refractivity contribution in [3.63, 3.8) is 0 Å². The summed E-state index contributed by atoms with van der Waals surface area (Å²) in [5.74, 6) is -0.861. The van der Waals surface area contributed by atoms with Gasteiger partial charge < -0.3 is 5.32 Å². The third-order valence-corrected chi connectivity index (χ3v) is 5.04. The van der Waals surface area contributed by atoms with E-state index in [9.17, 15) is 14.4 Å². The van der Waals surface area contributed by atoms with Gasteiger partial charge in [-0.3, -0.25) is 14.4 Å². The zero-order valence-electron chi connectivity index (χ0n) is 14.6. The van der Waals surface area contributed by atoms with Gasteiger partial charge in [-0.15, -0.1) is 0 Å². The molecule has 1 N–H and O–H groups in total. The van der Waals surface area contributed by atoms with E-state index in [0.717, 1.165) is 10.0 Å². The second-order valence-corrected chi connectivity index (χ2v) is 7.22. The Morgan fingerprint density at radius 2 is 1.43 bits per heavy atom. The number of ketones is 2. The van der Waals surface area contributed by atoms with E-state index in [1.54, 1.807) is 48.5 Å². The zero-order valence-corrected chi connectivity index (χ0v) is 16.2. The number of fused-ring (bicyclic) bond motifs is 2. The Kier molecular flexibility index (Phi) is 4.75. The van der Waals surface area contributed by atoms with Crippen LogP contribution in [0.2, 0.25) is 0 Å². The van der Waals surface area contributed by atoms with Gasteiger partial charge in [-0.25, -0.2) is 0 Å². The quantitative estimate of drug-likeness (QED) is 0.470. The van der Waals surface area contributed by atoms with Gasteiger partial charge in [0.05, 0.1) is 11.3 Å². The number of rotatable bonds is 3. The van der Waals surface area contributed by atoms with Gasteiger partial charge in [-0.05, 0) is 29.8 Å². The van der Waals surface area contributed by atoms with Gasteiger partial charge in [0.25, 0.3) is 0 Å². The van der Waals surface area contributed by atoms with Crippen molar-refractivity contribution in [3.05, 3.63) is 105 Å². The molecule has 0 bridgehead atoms. The molecule has 4 nitrogen and oxygen atoms in total. The molecule has 0 saturated carbocycles. The molecule has 0 unspecified atom stereocenters. The van der Waals surface area contributed by atoms with Crippen molar-refractivity contribution in [2.45, 2.75) is 0 Å². The van der Waals surface area contributed by atoms with Crippen LogP contribution in [0.4, 0.5) is 5.69 Å². The van der Waals surface area contributed by atoms with Gasteiger partial charge in [0, 0.05) is 27.2 Å². The van der Waals surface area contributed by atoms with Crippen LogP contribution in [-0.2, 0) is 4.79 Å². The molecule has 5 heteroatoms. The number of benzene rings is 3. The van der Waals surface area contributed by atoms with Crippen LogP contribution in [0.15, 0.2) is 77.3 Å². The van der Waals surface area contributed by atoms with Crippen LogP contribution >= 0.6 is 15.9 Å². The molecule has 4 rings (SSSR count). The predicted octanol–water partition coefficient (Wildman–Crippen LogP) is 4.88. The summed E-state index contributed by atoms with van der Waals surface area (Å²) in [4.78, 5) is 38.1. The zero-order chi connectivity index (χ0) is 19.7. The fourth-order valence-corrected chi connectivity index (χ4v) is 3.43. The normalized spacial score (nSPS) is 12.6. The van der Waals surface area contributed by atoms with Crippen molar-refractivity contribution in [1.82, 2.24) is 0 Å². The van der Waals surface area contributed by atoms with Crippen molar-refractivity contribution < 1.29 is 14.4 Å². The van der Waals surface area contributed by atoms with Gasteiger partial charge in [-0.1, -0.05) is 64.5 Å². The highest BCUT2D eigenvalue weighted by atomic mass is 79.9. The maximum atomic E-state index is 12.9. The Morgan fingerprint density at radius 1 is 0.786 bits per heavy atom. The number of hydrogen-bond acceptors (Lipinski definition) is 3. The summed E-state index contributed by atoms with van der Waals surface area (Å²) in [5.41, 5.74) is 2.48. The lowest BCUT2D eigenvalue weighted by molar-refractivity contribution is -0.111. The molecule has 0 aromatic heterocycles. The molecule has 0 aliphatic heterocycles. The van der Waals surface area contributed by atoms with E-state index in [1.807, 2.05) is 24.3 Å². The third-order valence-electron chi connectivity index (χ3n) is 4.51. The molecule has 3 aromatic rings. The molecule has 1 amide bonds. The molecule has 28 heavy (non-hydrogen) atoms. The number of nitrogens with one attached hydrogen (secondary N) is 1. The molecule has 0 saturated heterocycles. The second kappa shape index (κ2) is 7.37. The van der Waals surface area contributed by atoms with Crippen LogP contribution in [-0.4, -0.2) is 17.5 Å². The van der Waals surface area contributed by atoms with Gasteiger partial charge in [-0.2, -0.15) is 0 Å². The Balaban J connectivity index is 1.63. The average molecular weight is 432 g/mol. The van der Waals surface area contributed by atoms with Gasteiger partial charge in [0.15, 0.2) is 11.6 Å². The summed E-state index contributed by atoms with van der Waals surface area (Å²) < 4.78 is 0.952. The SMILES string of the molecule is O=C(/C=C\c1ccc(Br)cc1)Nc1cccc2c1C(=O)c1ccccc1C2=O. The topological polar surface area (TPSA) is 63.2 Å². The van der Waals surface area contributed by atoms with Gasteiger partial charge in [0.1, 0.15) is 0 Å². The lowest BCUT2D eigenvalue weighted by Gasteiger charge is -2.20. The number of amides is 1. The highest BCUT2D eigenvalue weighted by Crippen LogP contribution is 2.31. The minimum absolute atomic E-state index is 0.216. The summed E-state index contributed by atoms with van der Waals surface area (Å²) in [6, 6.07) is 19.1. The van der Waals surface area contributed by atoms with E-state index < -0.39 is 0 Å². The van der Waals surface area contributed by atoms with Crippen LogP contribution in [0.25, 0.3) is 6.08 Å². The maximum Gasteiger partial charge on any atom is 0.248 e. The highest BCUT2D eigenvalue weighted by molar-refractivity contribution is 9.10. The molecular formula is C23H14BrNO3. The molecule has 0 atom stereocenters. The first-order chi connectivity index (χ1) is 13.5. The molecule has 0 spiro atoms. The van der Waals surface area contributed by atoms with Crippen LogP contribution in [0.1, 0.15) is 37.4 Å². The first kappa shape index (κ1) is 18.1. The fraction of sp³-hybridized carbons (Fsp3) is 0. The summed E-state index contributed by atoms with van der Waals surface area (Å²) in [6.07, 6.45) is 3.07. The molecule has 3 aromatic carbocycles. The summed E-state index contributed by atoms with van der Waals surface area (Å²) in [6.45, 7) is 0. The van der Waals surface area contributed by atoms with Crippen LogP contribution in [0.3, 0.4) is 0 Å². The number of halogens is 1. The molecule has 1 aliphatic carbocycles. The Morgan fingerprint density at radius 3 is 2.14 bits per heavy atom. The van der Waals surface area contributed by atoms with E-state index in [-0.39, 0.29) is 23.0 Å². The van der Waals surface area contributed by atoms with E-state index in [4.69, 9.17) is 0 Å². The Bertz CT molecular complexity index is 1150. The Labute approximate surface area is 170 Å². The maximum absolute atomic E-state index is 12.9. The van der Waals surface area contributed by atoms with Crippen molar-refractivity contribution in [2.24, 2.45) is 0 Å². The van der Waals surface area contributed by atoms with Crippen molar-refractivity contribution in [3.8, 4) is 0 Å². The molecule has 0 fully saturated rings. The second-order valence-electron chi connectivity index (χ2n) is 6.31. The predicted molar refractivity (Wildman–Crippen MR) is 112 cm³/mol. The van der Waals surface area contributed by atoms with E-state index in [1.165, 1.54) is 6.08 Å². The molecule has 1 aliphatic rings. The number of anilines is 1. The summed E-state index contributed by atoms with van der Waals surface area (Å²) >= 11 is 3.36. The number of carbonyl (C=O) groups is 3. The van der Waals surface area contributed by atoms with Crippen LogP contribution in [0.5, 0.6) is 0 Å². The fourth-order valence-electron chi connectivity index (χ4n) is 3.17. The number of carbonyl (C=O) groups excluding carboxylic acids is 3. The standard InChI is InChI=1S/C23H14BrNO3/c24-15-11-8-14(9-12-15)10-13-20(26)25-19-7-3-6-18-21(19)23(28)17-5-2-1-4-16(17)22(18)27/h1-13H,(H,25,26)/b13-10-. The third kappa shape index (κ3) is 3.32. The molecule has 136 valence electrons. The summed E-state index contributed by atoms with van der Waals surface area (Å²) in [7, 11) is 0. The number of hydrogen-bond donors (Lipinski definition) is 1. The lowest BCUT2D eigenvalue weighted by Crippen LogP contribution is -2.23. The largest absolute Gasteiger partial charge is 0.322 e. The van der Waals surface area contributed by atoms with Crippen LogP contribution < -0.4 is 5.32 Å². The van der Waals surface area contributed by atoms with E-state index in [2.05, 4.69) is 21.2 Å². The highest BCUT2D eigenvalue weighted by Gasteiger charge is 2.31. The Hall–Kier alpha value is -3.31. The van der Waals surface area contributed by atoms with Crippen molar-refractivity contribution >= 4 is 45.2 Å². The first-order valence-corrected chi connectivity index (χ1v) is 9.40. The summed E-state index contributed by atoms with van der Waals surface area (Å²) in [5, 5.41) is 2.73.